The molecule has 1 unspecified atom stereocenters. The summed E-state index contributed by atoms with van der Waals surface area (Å²) in [6.45, 7) is 2.50. The molecular weight excluding hydrogens is 259 g/mol. The molecule has 1 aromatic carbocycles. The molecule has 0 aromatic heterocycles. The molecule has 1 aliphatic heterocycles. The number of carbonyl (C=O) groups excluding carboxylic acids is 1. The van der Waals surface area contributed by atoms with Crippen molar-refractivity contribution in [3.05, 3.63) is 22.7 Å². The summed E-state index contributed by atoms with van der Waals surface area (Å²) in [5, 5.41) is 0.622. The molecule has 1 heterocycles. The van der Waals surface area contributed by atoms with E-state index in [9.17, 15) is 4.79 Å². The highest BCUT2D eigenvalue weighted by molar-refractivity contribution is 6.32. The number of nitrogens with two attached hydrogens (primary N) is 1. The topological polar surface area (TPSA) is 46.3 Å². The molecule has 2 N–H and O–H groups in total. The van der Waals surface area contributed by atoms with Crippen molar-refractivity contribution in [2.24, 2.45) is 5.92 Å². The van der Waals surface area contributed by atoms with Crippen LogP contribution in [-0.2, 0) is 4.79 Å². The van der Waals surface area contributed by atoms with Gasteiger partial charge in [0.1, 0.15) is 0 Å². The number of aryl methyl sites for hydroxylation is 1. The van der Waals surface area contributed by atoms with Crippen molar-refractivity contribution in [2.45, 2.75) is 13.3 Å². The zero-order chi connectivity index (χ0) is 12.6. The van der Waals surface area contributed by atoms with E-state index < -0.39 is 0 Å². The normalized spacial score (nSPS) is 20.1. The Bertz CT molecular complexity index is 462. The van der Waals surface area contributed by atoms with Crippen LogP contribution in [0.2, 0.25) is 5.02 Å². The van der Waals surface area contributed by atoms with Crippen molar-refractivity contribution in [3.8, 4) is 0 Å². The molecule has 0 radical (unpaired) electrons. The molecule has 0 saturated carbocycles. The van der Waals surface area contributed by atoms with E-state index in [4.69, 9.17) is 28.9 Å². The Morgan fingerprint density at radius 2 is 2.24 bits per heavy atom. The van der Waals surface area contributed by atoms with E-state index in [0.717, 1.165) is 5.56 Å². The van der Waals surface area contributed by atoms with E-state index in [1.807, 2.05) is 6.92 Å². The average Bonchev–Trinajstić information content (AvgIpc) is 2.65. The zero-order valence-electron chi connectivity index (χ0n) is 9.54. The van der Waals surface area contributed by atoms with Crippen LogP contribution in [0.3, 0.4) is 0 Å². The number of amides is 1. The van der Waals surface area contributed by atoms with Crippen LogP contribution in [0.1, 0.15) is 12.0 Å². The first-order chi connectivity index (χ1) is 8.02. The molecule has 0 spiro atoms. The van der Waals surface area contributed by atoms with E-state index >= 15 is 0 Å². The maximum atomic E-state index is 11.9. The molecule has 1 aliphatic rings. The SMILES string of the molecule is Cc1cc(N)c(N2CC(CCl)CC2=O)cc1Cl. The van der Waals surface area contributed by atoms with Crippen LogP contribution >= 0.6 is 23.2 Å². The predicted molar refractivity (Wildman–Crippen MR) is 71.8 cm³/mol. The van der Waals surface area contributed by atoms with Gasteiger partial charge in [-0.25, -0.2) is 0 Å². The van der Waals surface area contributed by atoms with Crippen molar-refractivity contribution >= 4 is 40.5 Å². The van der Waals surface area contributed by atoms with Gasteiger partial charge in [0.2, 0.25) is 5.91 Å². The number of nitrogens with zero attached hydrogens (tertiary/aromatic N) is 1. The van der Waals surface area contributed by atoms with Gasteiger partial charge in [-0.05, 0) is 30.5 Å². The lowest BCUT2D eigenvalue weighted by atomic mass is 10.1. The Kier molecular flexibility index (Phi) is 3.50. The number of benzene rings is 1. The molecule has 1 fully saturated rings. The fourth-order valence-electron chi connectivity index (χ4n) is 2.04. The Morgan fingerprint density at radius 1 is 1.53 bits per heavy atom. The summed E-state index contributed by atoms with van der Waals surface area (Å²) in [7, 11) is 0. The minimum atomic E-state index is 0.0577. The fraction of sp³-hybridized carbons (Fsp3) is 0.417. The lowest BCUT2D eigenvalue weighted by Gasteiger charge is -2.19. The van der Waals surface area contributed by atoms with Crippen molar-refractivity contribution in [1.29, 1.82) is 0 Å². The predicted octanol–water partition coefficient (Wildman–Crippen LogP) is 2.82. The van der Waals surface area contributed by atoms with Gasteiger partial charge in [-0.3, -0.25) is 4.79 Å². The number of anilines is 2. The van der Waals surface area contributed by atoms with Crippen molar-refractivity contribution < 1.29 is 4.79 Å². The van der Waals surface area contributed by atoms with Crippen LogP contribution in [0.4, 0.5) is 11.4 Å². The minimum absolute atomic E-state index is 0.0577. The van der Waals surface area contributed by atoms with Crippen molar-refractivity contribution in [2.75, 3.05) is 23.1 Å². The number of halogens is 2. The molecular formula is C12H14Cl2N2O. The highest BCUT2D eigenvalue weighted by Crippen LogP contribution is 2.34. The van der Waals surface area contributed by atoms with Gasteiger partial charge >= 0.3 is 0 Å². The lowest BCUT2D eigenvalue weighted by molar-refractivity contribution is -0.117. The summed E-state index contributed by atoms with van der Waals surface area (Å²) in [5.74, 6) is 0.743. The van der Waals surface area contributed by atoms with Gasteiger partial charge < -0.3 is 10.6 Å². The van der Waals surface area contributed by atoms with E-state index in [1.54, 1.807) is 17.0 Å². The van der Waals surface area contributed by atoms with Crippen LogP contribution in [-0.4, -0.2) is 18.3 Å². The van der Waals surface area contributed by atoms with Crippen LogP contribution < -0.4 is 10.6 Å². The Morgan fingerprint density at radius 3 is 2.82 bits per heavy atom. The standard InChI is InChI=1S/C12H14Cl2N2O/c1-7-2-10(15)11(4-9(7)14)16-6-8(5-13)3-12(16)17/h2,4,8H,3,5-6,15H2,1H3. The highest BCUT2D eigenvalue weighted by Gasteiger charge is 2.31. The molecule has 0 aliphatic carbocycles. The third-order valence-corrected chi connectivity index (χ3v) is 3.87. The van der Waals surface area contributed by atoms with Gasteiger partial charge in [0, 0.05) is 23.9 Å². The second-order valence-corrected chi connectivity index (χ2v) is 5.10. The largest absolute Gasteiger partial charge is 0.397 e. The molecule has 1 amide bonds. The van der Waals surface area contributed by atoms with Crippen LogP contribution in [0.25, 0.3) is 0 Å². The van der Waals surface area contributed by atoms with Gasteiger partial charge in [-0.15, -0.1) is 11.6 Å². The van der Waals surface area contributed by atoms with Crippen molar-refractivity contribution in [3.63, 3.8) is 0 Å². The summed E-state index contributed by atoms with van der Waals surface area (Å²) in [5.41, 5.74) is 8.12. The number of hydrogen-bond donors (Lipinski definition) is 1. The van der Waals surface area contributed by atoms with E-state index in [0.29, 0.717) is 35.2 Å². The molecule has 92 valence electrons. The van der Waals surface area contributed by atoms with Gasteiger partial charge in [-0.2, -0.15) is 0 Å². The molecule has 17 heavy (non-hydrogen) atoms. The monoisotopic (exact) mass is 272 g/mol. The first-order valence-electron chi connectivity index (χ1n) is 5.45. The molecule has 1 atom stereocenters. The van der Waals surface area contributed by atoms with Crippen LogP contribution in [0, 0.1) is 12.8 Å². The third-order valence-electron chi connectivity index (χ3n) is 3.02. The zero-order valence-corrected chi connectivity index (χ0v) is 11.1. The van der Waals surface area contributed by atoms with E-state index in [1.165, 1.54) is 0 Å². The highest BCUT2D eigenvalue weighted by atomic mass is 35.5. The van der Waals surface area contributed by atoms with Gasteiger partial charge in [0.05, 0.1) is 11.4 Å². The Balaban J connectivity index is 2.35. The summed E-state index contributed by atoms with van der Waals surface area (Å²) in [6.07, 6.45) is 0.481. The van der Waals surface area contributed by atoms with Crippen molar-refractivity contribution in [1.82, 2.24) is 0 Å². The van der Waals surface area contributed by atoms with Crippen LogP contribution in [0.5, 0.6) is 0 Å². The minimum Gasteiger partial charge on any atom is -0.397 e. The number of alkyl halides is 1. The number of carbonyl (C=O) groups is 1. The second kappa shape index (κ2) is 4.75. The third kappa shape index (κ3) is 2.35. The maximum absolute atomic E-state index is 11.9. The first-order valence-corrected chi connectivity index (χ1v) is 6.36. The van der Waals surface area contributed by atoms with E-state index in [-0.39, 0.29) is 11.8 Å². The fourth-order valence-corrected chi connectivity index (χ4v) is 2.41. The molecule has 0 bridgehead atoms. The average molecular weight is 273 g/mol. The van der Waals surface area contributed by atoms with E-state index in [2.05, 4.69) is 0 Å². The molecule has 5 heteroatoms. The molecule has 2 rings (SSSR count). The quantitative estimate of drug-likeness (QED) is 0.665. The Hall–Kier alpha value is -0.930. The number of rotatable bonds is 2. The molecule has 1 aromatic rings. The summed E-state index contributed by atoms with van der Waals surface area (Å²) >= 11 is 11.8. The lowest BCUT2D eigenvalue weighted by Crippen LogP contribution is -2.25. The maximum Gasteiger partial charge on any atom is 0.227 e. The summed E-state index contributed by atoms with van der Waals surface area (Å²) in [4.78, 5) is 13.5. The molecule has 1 saturated heterocycles. The molecule has 3 nitrogen and oxygen atoms in total. The first kappa shape index (κ1) is 12.5. The van der Waals surface area contributed by atoms with Gasteiger partial charge in [-0.1, -0.05) is 11.6 Å². The smallest absolute Gasteiger partial charge is 0.227 e. The van der Waals surface area contributed by atoms with Crippen LogP contribution in [0.15, 0.2) is 12.1 Å². The van der Waals surface area contributed by atoms with Gasteiger partial charge in [0.25, 0.3) is 0 Å². The number of hydrogen-bond acceptors (Lipinski definition) is 2. The number of nitrogen functional groups attached to an aromatic ring is 1. The summed E-state index contributed by atoms with van der Waals surface area (Å²) in [6, 6.07) is 3.54. The Labute approximate surface area is 110 Å². The summed E-state index contributed by atoms with van der Waals surface area (Å²) < 4.78 is 0. The second-order valence-electron chi connectivity index (χ2n) is 4.39. The van der Waals surface area contributed by atoms with Gasteiger partial charge in [0.15, 0.2) is 0 Å².